The van der Waals surface area contributed by atoms with Crippen molar-refractivity contribution in [2.24, 2.45) is 0 Å². The summed E-state index contributed by atoms with van der Waals surface area (Å²) in [6.07, 6.45) is 0. The molecule has 122 valence electrons. The van der Waals surface area contributed by atoms with E-state index in [9.17, 15) is 4.79 Å². The lowest BCUT2D eigenvalue weighted by molar-refractivity contribution is 0.102. The number of nitrogens with one attached hydrogen (secondary N) is 1. The average Bonchev–Trinajstić information content (AvgIpc) is 2.93. The van der Waals surface area contributed by atoms with Crippen LogP contribution in [0.15, 0.2) is 34.9 Å². The topological polar surface area (TPSA) is 80.9 Å². The molecule has 0 fully saturated rings. The number of hydrogen-bond acceptors (Lipinski definition) is 5. The number of carbonyl (C=O) groups is 1. The zero-order valence-corrected chi connectivity index (χ0v) is 14.2. The van der Waals surface area contributed by atoms with Crippen LogP contribution in [0.25, 0.3) is 11.4 Å². The molecule has 24 heavy (non-hydrogen) atoms. The van der Waals surface area contributed by atoms with Crippen LogP contribution in [0.4, 0.5) is 5.82 Å². The number of rotatable bonds is 3. The van der Waals surface area contributed by atoms with Gasteiger partial charge in [0.15, 0.2) is 0 Å². The Morgan fingerprint density at radius 1 is 1.17 bits per heavy atom. The molecular formula is C17H15ClN4O2. The second-order valence-corrected chi connectivity index (χ2v) is 5.78. The van der Waals surface area contributed by atoms with Crippen LogP contribution in [0.5, 0.6) is 0 Å². The van der Waals surface area contributed by atoms with E-state index in [0.29, 0.717) is 33.7 Å². The summed E-state index contributed by atoms with van der Waals surface area (Å²) in [5, 5.41) is 7.10. The van der Waals surface area contributed by atoms with E-state index in [1.807, 2.05) is 19.9 Å². The average molecular weight is 343 g/mol. The number of halogens is 1. The quantitative estimate of drug-likeness (QED) is 0.779. The lowest BCUT2D eigenvalue weighted by Gasteiger charge is -2.12. The highest BCUT2D eigenvalue weighted by molar-refractivity contribution is 6.34. The van der Waals surface area contributed by atoms with Gasteiger partial charge in [-0.3, -0.25) is 4.79 Å². The van der Waals surface area contributed by atoms with E-state index in [1.165, 1.54) is 0 Å². The minimum Gasteiger partial charge on any atom is -0.339 e. The van der Waals surface area contributed by atoms with Crippen LogP contribution in [0.1, 0.15) is 27.5 Å². The Bertz CT molecular complexity index is 921. The Kier molecular flexibility index (Phi) is 4.31. The van der Waals surface area contributed by atoms with Gasteiger partial charge in [-0.25, -0.2) is 4.98 Å². The first kappa shape index (κ1) is 16.1. The molecule has 0 radical (unpaired) electrons. The van der Waals surface area contributed by atoms with Gasteiger partial charge in [-0.05, 0) is 37.6 Å². The summed E-state index contributed by atoms with van der Waals surface area (Å²) in [6.45, 7) is 5.46. The Balaban J connectivity index is 2.04. The summed E-state index contributed by atoms with van der Waals surface area (Å²) in [4.78, 5) is 21.2. The van der Waals surface area contributed by atoms with Gasteiger partial charge in [0.25, 0.3) is 5.91 Å². The molecule has 3 aromatic rings. The molecule has 2 heterocycles. The van der Waals surface area contributed by atoms with Crippen molar-refractivity contribution in [1.82, 2.24) is 15.1 Å². The van der Waals surface area contributed by atoms with E-state index in [-0.39, 0.29) is 5.91 Å². The number of pyridine rings is 1. The highest BCUT2D eigenvalue weighted by Gasteiger charge is 2.19. The molecule has 1 N–H and O–H groups in total. The third-order valence-corrected chi connectivity index (χ3v) is 3.78. The van der Waals surface area contributed by atoms with Crippen molar-refractivity contribution in [2.45, 2.75) is 20.8 Å². The van der Waals surface area contributed by atoms with E-state index < -0.39 is 0 Å². The van der Waals surface area contributed by atoms with Crippen molar-refractivity contribution < 1.29 is 9.32 Å². The second-order valence-electron chi connectivity index (χ2n) is 5.38. The molecule has 0 spiro atoms. The zero-order valence-electron chi connectivity index (χ0n) is 13.4. The highest BCUT2D eigenvalue weighted by atomic mass is 35.5. The first-order valence-corrected chi connectivity index (χ1v) is 7.68. The lowest BCUT2D eigenvalue weighted by Crippen LogP contribution is -2.15. The Morgan fingerprint density at radius 3 is 2.58 bits per heavy atom. The first-order chi connectivity index (χ1) is 11.5. The molecule has 0 atom stereocenters. The highest BCUT2D eigenvalue weighted by Crippen LogP contribution is 2.29. The standard InChI is InChI=1S/C17H15ClN4O2/c1-9-8-10(2)19-15(14(9)16-20-11(3)24-22-16)21-17(23)12-6-4-5-7-13(12)18/h4-8H,1-3H3,(H,19,21,23). The molecule has 7 heteroatoms. The predicted molar refractivity (Wildman–Crippen MR) is 91.1 cm³/mol. The van der Waals surface area contributed by atoms with E-state index in [0.717, 1.165) is 11.3 Å². The molecule has 0 aliphatic rings. The van der Waals surface area contributed by atoms with E-state index in [2.05, 4.69) is 20.4 Å². The van der Waals surface area contributed by atoms with Crippen LogP contribution in [-0.2, 0) is 0 Å². The van der Waals surface area contributed by atoms with Crippen LogP contribution in [0.2, 0.25) is 5.02 Å². The maximum Gasteiger partial charge on any atom is 0.258 e. The third kappa shape index (κ3) is 3.14. The molecule has 3 rings (SSSR count). The molecular weight excluding hydrogens is 328 g/mol. The van der Waals surface area contributed by atoms with Crippen molar-refractivity contribution in [3.05, 3.63) is 58.1 Å². The van der Waals surface area contributed by atoms with Gasteiger partial charge in [-0.1, -0.05) is 28.9 Å². The van der Waals surface area contributed by atoms with Crippen LogP contribution in [-0.4, -0.2) is 21.0 Å². The molecule has 0 bridgehead atoms. The van der Waals surface area contributed by atoms with Crippen LogP contribution in [0, 0.1) is 20.8 Å². The van der Waals surface area contributed by atoms with Crippen LogP contribution >= 0.6 is 11.6 Å². The minimum absolute atomic E-state index is 0.348. The molecule has 6 nitrogen and oxygen atoms in total. The van der Waals surface area contributed by atoms with Gasteiger partial charge in [-0.2, -0.15) is 4.98 Å². The zero-order chi connectivity index (χ0) is 17.3. The summed E-state index contributed by atoms with van der Waals surface area (Å²) in [6, 6.07) is 8.72. The van der Waals surface area contributed by atoms with E-state index >= 15 is 0 Å². The number of aryl methyl sites for hydroxylation is 3. The number of nitrogens with zero attached hydrogens (tertiary/aromatic N) is 3. The SMILES string of the molecule is Cc1cc(C)c(-c2noc(C)n2)c(NC(=O)c2ccccc2Cl)n1. The molecule has 0 saturated carbocycles. The van der Waals surface area contributed by atoms with E-state index in [1.54, 1.807) is 31.2 Å². The minimum atomic E-state index is -0.348. The molecule has 1 aromatic carbocycles. The summed E-state index contributed by atoms with van der Waals surface area (Å²) in [7, 11) is 0. The van der Waals surface area contributed by atoms with Gasteiger partial charge in [-0.15, -0.1) is 0 Å². The second kappa shape index (κ2) is 6.41. The van der Waals surface area contributed by atoms with Crippen molar-refractivity contribution in [2.75, 3.05) is 5.32 Å². The number of benzene rings is 1. The van der Waals surface area contributed by atoms with Gasteiger partial charge in [0.2, 0.25) is 11.7 Å². The Morgan fingerprint density at radius 2 is 1.92 bits per heavy atom. The molecule has 0 saturated heterocycles. The fraction of sp³-hybridized carbons (Fsp3) is 0.176. The van der Waals surface area contributed by atoms with Gasteiger partial charge in [0.1, 0.15) is 5.82 Å². The Hall–Kier alpha value is -2.73. The molecule has 2 aromatic heterocycles. The van der Waals surface area contributed by atoms with Gasteiger partial charge >= 0.3 is 0 Å². The summed E-state index contributed by atoms with van der Waals surface area (Å²) in [5.74, 6) is 0.845. The Labute approximate surface area is 143 Å². The number of aromatic nitrogens is 3. The molecule has 0 aliphatic heterocycles. The fourth-order valence-electron chi connectivity index (χ4n) is 2.43. The lowest BCUT2D eigenvalue weighted by atomic mass is 10.1. The van der Waals surface area contributed by atoms with Gasteiger partial charge in [0.05, 0.1) is 16.1 Å². The van der Waals surface area contributed by atoms with Crippen molar-refractivity contribution in [3.8, 4) is 11.4 Å². The fourth-order valence-corrected chi connectivity index (χ4v) is 2.65. The maximum atomic E-state index is 12.5. The summed E-state index contributed by atoms with van der Waals surface area (Å²) in [5.41, 5.74) is 2.65. The third-order valence-electron chi connectivity index (χ3n) is 3.45. The van der Waals surface area contributed by atoms with Crippen LogP contribution in [0.3, 0.4) is 0 Å². The molecule has 1 amide bonds. The van der Waals surface area contributed by atoms with Gasteiger partial charge in [0, 0.05) is 12.6 Å². The van der Waals surface area contributed by atoms with Crippen molar-refractivity contribution >= 4 is 23.3 Å². The number of anilines is 1. The van der Waals surface area contributed by atoms with Gasteiger partial charge < -0.3 is 9.84 Å². The largest absolute Gasteiger partial charge is 0.339 e. The number of hydrogen-bond donors (Lipinski definition) is 1. The molecule has 0 aliphatic carbocycles. The monoisotopic (exact) mass is 342 g/mol. The van der Waals surface area contributed by atoms with Crippen LogP contribution < -0.4 is 5.32 Å². The summed E-state index contributed by atoms with van der Waals surface area (Å²) >= 11 is 6.09. The number of amides is 1. The number of carbonyl (C=O) groups excluding carboxylic acids is 1. The van der Waals surface area contributed by atoms with E-state index in [4.69, 9.17) is 16.1 Å². The summed E-state index contributed by atoms with van der Waals surface area (Å²) < 4.78 is 5.05. The smallest absolute Gasteiger partial charge is 0.258 e. The van der Waals surface area contributed by atoms with Crippen molar-refractivity contribution in [1.29, 1.82) is 0 Å². The normalized spacial score (nSPS) is 10.7. The maximum absolute atomic E-state index is 12.5. The first-order valence-electron chi connectivity index (χ1n) is 7.30. The molecule has 0 unspecified atom stereocenters. The predicted octanol–water partition coefficient (Wildman–Crippen LogP) is 3.96. The van der Waals surface area contributed by atoms with Crippen molar-refractivity contribution in [3.63, 3.8) is 0 Å².